The van der Waals surface area contributed by atoms with Crippen molar-refractivity contribution < 1.29 is 42.9 Å². The molecule has 1 saturated heterocycles. The molecule has 3 heterocycles. The minimum atomic E-state index is -5.08. The van der Waals surface area contributed by atoms with Crippen LogP contribution in [0.25, 0.3) is 11.2 Å². The first kappa shape index (κ1) is 41.4. The Kier molecular flexibility index (Phi) is 14.3. The molecule has 2 aliphatic rings. The highest BCUT2D eigenvalue weighted by Crippen LogP contribution is 2.35. The van der Waals surface area contributed by atoms with Gasteiger partial charge < -0.3 is 46.9 Å². The number of carboxylic acid groups (broad SMARTS) is 1. The molecule has 0 bridgehead atoms. The van der Waals surface area contributed by atoms with Crippen molar-refractivity contribution in [3.8, 4) is 0 Å². The zero-order valence-corrected chi connectivity index (χ0v) is 29.9. The summed E-state index contributed by atoms with van der Waals surface area (Å²) in [5.41, 5.74) is 14.4. The van der Waals surface area contributed by atoms with Gasteiger partial charge in [0.05, 0.1) is 18.4 Å². The highest BCUT2D eigenvalue weighted by Gasteiger charge is 2.44. The second-order valence-electron chi connectivity index (χ2n) is 12.9. The summed E-state index contributed by atoms with van der Waals surface area (Å²) < 4.78 is 33.5. The first-order chi connectivity index (χ1) is 25.6. The van der Waals surface area contributed by atoms with E-state index in [4.69, 9.17) is 25.6 Å². The molecule has 2 fully saturated rings. The van der Waals surface area contributed by atoms with Crippen molar-refractivity contribution in [3.05, 3.63) is 78.1 Å². The number of rotatable bonds is 10. The summed E-state index contributed by atoms with van der Waals surface area (Å²) in [4.78, 5) is 47.1. The Bertz CT molecular complexity index is 1810. The number of benzene rings is 2. The molecule has 6 rings (SSSR count). The quantitative estimate of drug-likeness (QED) is 0.124. The molecule has 292 valence electrons. The van der Waals surface area contributed by atoms with Gasteiger partial charge in [-0.15, -0.1) is 0 Å². The van der Waals surface area contributed by atoms with Gasteiger partial charge in [-0.25, -0.2) is 9.78 Å². The fourth-order valence-electron chi connectivity index (χ4n) is 6.11. The number of aliphatic hydroxyl groups is 2. The van der Waals surface area contributed by atoms with Crippen LogP contribution < -0.4 is 27.0 Å². The van der Waals surface area contributed by atoms with E-state index in [1.807, 2.05) is 36.4 Å². The van der Waals surface area contributed by atoms with Gasteiger partial charge >= 0.3 is 12.1 Å². The molecule has 9 N–H and O–H groups in total. The van der Waals surface area contributed by atoms with E-state index in [1.165, 1.54) is 11.1 Å². The predicted octanol–water partition coefficient (Wildman–Crippen LogP) is 2.68. The fourth-order valence-corrected chi connectivity index (χ4v) is 6.11. The number of hydrogen-bond acceptors (Lipinski definition) is 11. The molecule has 15 nitrogen and oxygen atoms in total. The van der Waals surface area contributed by atoms with Crippen molar-refractivity contribution in [3.63, 3.8) is 0 Å². The van der Waals surface area contributed by atoms with Crippen molar-refractivity contribution in [2.45, 2.75) is 82.0 Å². The zero-order chi connectivity index (χ0) is 39.6. The number of carbonyl (C=O) groups is 3. The number of halogens is 3. The molecule has 2 aromatic heterocycles. The number of aliphatic carboxylic acids is 1. The number of imidazole rings is 1. The van der Waals surface area contributed by atoms with E-state index in [1.54, 1.807) is 24.7 Å². The Labute approximate surface area is 309 Å². The van der Waals surface area contributed by atoms with Crippen LogP contribution in [-0.4, -0.2) is 103 Å². The molecule has 1 aliphatic heterocycles. The fraction of sp³-hybridized carbons (Fsp3) is 0.444. The van der Waals surface area contributed by atoms with Crippen LogP contribution in [-0.2, 0) is 14.4 Å². The lowest BCUT2D eigenvalue weighted by molar-refractivity contribution is -0.192. The average molecular weight is 758 g/mol. The van der Waals surface area contributed by atoms with Gasteiger partial charge in [0.1, 0.15) is 12.2 Å². The van der Waals surface area contributed by atoms with Gasteiger partial charge in [-0.1, -0.05) is 74.5 Å². The minimum absolute atomic E-state index is 0.0425. The lowest BCUT2D eigenvalue weighted by Gasteiger charge is -2.22. The molecule has 2 aromatic carbocycles. The normalized spacial score (nSPS) is 20.8. The Morgan fingerprint density at radius 2 is 1.54 bits per heavy atom. The number of hydrogen-bond donors (Lipinski definition) is 7. The first-order valence-corrected chi connectivity index (χ1v) is 17.5. The summed E-state index contributed by atoms with van der Waals surface area (Å²) in [7, 11) is 0. The van der Waals surface area contributed by atoms with E-state index in [0.717, 1.165) is 13.0 Å². The van der Waals surface area contributed by atoms with Crippen LogP contribution in [0.1, 0.15) is 62.6 Å². The molecule has 1 saturated carbocycles. The average Bonchev–Trinajstić information content (AvgIpc) is 3.86. The summed E-state index contributed by atoms with van der Waals surface area (Å²) in [6.07, 6.45) is -3.70. The summed E-state index contributed by atoms with van der Waals surface area (Å²) >= 11 is 0. The van der Waals surface area contributed by atoms with Gasteiger partial charge in [0, 0.05) is 44.4 Å². The van der Waals surface area contributed by atoms with E-state index < -0.39 is 36.4 Å². The summed E-state index contributed by atoms with van der Waals surface area (Å²) in [6.45, 7) is 5.44. The molecule has 2 amide bonds. The van der Waals surface area contributed by atoms with Crippen LogP contribution in [0.3, 0.4) is 0 Å². The maximum atomic E-state index is 12.1. The summed E-state index contributed by atoms with van der Waals surface area (Å²) in [6, 6.07) is 19.7. The second-order valence-corrected chi connectivity index (χ2v) is 12.9. The van der Waals surface area contributed by atoms with Gasteiger partial charge in [-0.3, -0.25) is 9.59 Å². The number of fused-ring (bicyclic) bond motifs is 1. The van der Waals surface area contributed by atoms with Crippen molar-refractivity contribution in [1.29, 1.82) is 0 Å². The summed E-state index contributed by atoms with van der Waals surface area (Å²) in [5.74, 6) is -1.97. The molecule has 0 radical (unpaired) electrons. The molecule has 18 heteroatoms. The maximum absolute atomic E-state index is 12.1. The highest BCUT2D eigenvalue weighted by atomic mass is 19.4. The van der Waals surface area contributed by atoms with Crippen LogP contribution in [0.4, 0.5) is 24.9 Å². The number of amides is 2. The third kappa shape index (κ3) is 10.6. The maximum Gasteiger partial charge on any atom is 0.490 e. The van der Waals surface area contributed by atoms with Crippen LogP contribution in [0.2, 0.25) is 0 Å². The van der Waals surface area contributed by atoms with E-state index in [2.05, 4.69) is 50.5 Å². The molecule has 0 spiro atoms. The molecular formula is C36H46F3N9O6. The largest absolute Gasteiger partial charge is 0.490 e. The van der Waals surface area contributed by atoms with Gasteiger partial charge in [0.25, 0.3) is 0 Å². The minimum Gasteiger partial charge on any atom is -0.475 e. The standard InChI is InChI=1S/C31H38N8O3.C3H7NO.C2HF3O2/c1-2-25(40)35-23-15-24(28(42)27(23)41)39-18-34-26-29(36-31(37-30(26)39)38-14-13-21(32)17-38)33-16-22(19-9-5-3-6-10-19)20-11-7-4-8-12-20;1-2-3(4)5;3-2(4,5)1(6)7/h3-12,18,21-24,27-28,41-42H,2,13-17,32H2,1H3,(H,35,40)(H,33,36,37);2H2,1H3,(H2,4,5);(H,6,7)/t21-,23+,24-,27-,28+;;/m1../s1. The molecular weight excluding hydrogens is 711 g/mol. The van der Waals surface area contributed by atoms with Gasteiger partial charge in [-0.05, 0) is 24.0 Å². The number of aromatic nitrogens is 4. The molecule has 1 aliphatic carbocycles. The molecule has 5 atom stereocenters. The molecule has 54 heavy (non-hydrogen) atoms. The van der Waals surface area contributed by atoms with Gasteiger partial charge in [0.2, 0.25) is 17.8 Å². The van der Waals surface area contributed by atoms with Crippen molar-refractivity contribution >= 4 is 40.7 Å². The number of alkyl halides is 3. The number of nitrogens with zero attached hydrogens (tertiary/aromatic N) is 5. The smallest absolute Gasteiger partial charge is 0.475 e. The third-order valence-electron chi connectivity index (χ3n) is 9.06. The first-order valence-electron chi connectivity index (χ1n) is 17.5. The van der Waals surface area contributed by atoms with Crippen molar-refractivity contribution in [2.24, 2.45) is 11.5 Å². The van der Waals surface area contributed by atoms with Gasteiger partial charge in [-0.2, -0.15) is 23.1 Å². The number of anilines is 2. The number of primary amides is 1. The van der Waals surface area contributed by atoms with Gasteiger partial charge in [0.15, 0.2) is 17.0 Å². The lowest BCUT2D eigenvalue weighted by Crippen LogP contribution is -2.42. The SMILES string of the molecule is CCC(=O)N[C@H]1C[C@@H](n2cnc3c(NCC(c4ccccc4)c4ccccc4)nc(N4CC[C@@H](N)C4)nc32)[C@H](O)[C@@H]1O.CCC(N)=O.O=C(O)C(F)(F)F. The molecule has 0 unspecified atom stereocenters. The number of nitrogens with two attached hydrogens (primary N) is 2. The highest BCUT2D eigenvalue weighted by molar-refractivity contribution is 5.84. The summed E-state index contributed by atoms with van der Waals surface area (Å²) in [5, 5.41) is 35.3. The van der Waals surface area contributed by atoms with E-state index in [9.17, 15) is 33.0 Å². The van der Waals surface area contributed by atoms with Crippen molar-refractivity contribution in [1.82, 2.24) is 24.8 Å². The van der Waals surface area contributed by atoms with E-state index in [-0.39, 0.29) is 23.8 Å². The topological polar surface area (TPSA) is 235 Å². The zero-order valence-electron chi connectivity index (χ0n) is 29.9. The van der Waals surface area contributed by atoms with E-state index >= 15 is 0 Å². The number of carbonyl (C=O) groups excluding carboxylic acids is 2. The predicted molar refractivity (Wildman–Crippen MR) is 194 cm³/mol. The third-order valence-corrected chi connectivity index (χ3v) is 9.06. The van der Waals surface area contributed by atoms with Crippen molar-refractivity contribution in [2.75, 3.05) is 29.9 Å². The van der Waals surface area contributed by atoms with Crippen LogP contribution in [0.15, 0.2) is 67.0 Å². The monoisotopic (exact) mass is 757 g/mol. The Balaban J connectivity index is 0.000000470. The second kappa shape index (κ2) is 18.6. The Morgan fingerprint density at radius 1 is 0.963 bits per heavy atom. The van der Waals surface area contributed by atoms with Crippen LogP contribution in [0.5, 0.6) is 0 Å². The van der Waals surface area contributed by atoms with E-state index in [0.29, 0.717) is 55.3 Å². The number of nitrogens with one attached hydrogen (secondary N) is 2. The Morgan fingerprint density at radius 3 is 2.02 bits per heavy atom. The number of carboxylic acids is 1. The Hall–Kier alpha value is -5.33. The lowest BCUT2D eigenvalue weighted by atomic mass is 9.91. The van der Waals surface area contributed by atoms with Crippen LogP contribution in [0, 0.1) is 0 Å². The van der Waals surface area contributed by atoms with Crippen LogP contribution >= 0.6 is 0 Å². The molecule has 4 aromatic rings. The number of aliphatic hydroxyl groups excluding tert-OH is 2.